The van der Waals surface area contributed by atoms with Gasteiger partial charge in [-0.3, -0.25) is 0 Å². The number of anilines is 3. The number of fused-ring (bicyclic) bond motifs is 7. The van der Waals surface area contributed by atoms with Crippen LogP contribution in [0.1, 0.15) is 44.5 Å². The summed E-state index contributed by atoms with van der Waals surface area (Å²) < 4.78 is 6.41. The highest BCUT2D eigenvalue weighted by Gasteiger charge is 2.48. The maximum Gasteiger partial charge on any atom is 0.227 e. The van der Waals surface area contributed by atoms with E-state index >= 15 is 0 Å². The number of oxazole rings is 1. The molecule has 3 nitrogen and oxygen atoms in total. The molecule has 0 aliphatic heterocycles. The monoisotopic (exact) mass is 842 g/mol. The third-order valence-electron chi connectivity index (χ3n) is 14.1. The average molecular weight is 843 g/mol. The van der Waals surface area contributed by atoms with Crippen LogP contribution in [0.4, 0.5) is 17.1 Å². The molecule has 0 fully saturated rings. The SMILES string of the molecule is c1ccc(-c2nc3cc(N(c4ccc5c(c4)C(c4ccccc4)(c4ccccc4)c4ccccc4-5)c4ccc5c(c4)C(c4ccccc4)(c4ccccc4)c4ccccc4-5)ccc3o2)cc1. The van der Waals surface area contributed by atoms with Gasteiger partial charge in [-0.25, -0.2) is 4.98 Å². The molecule has 0 bridgehead atoms. The molecule has 1 heterocycles. The highest BCUT2D eigenvalue weighted by Crippen LogP contribution is 2.59. The molecule has 0 saturated carbocycles. The third-order valence-corrected chi connectivity index (χ3v) is 14.1. The zero-order valence-electron chi connectivity index (χ0n) is 36.1. The van der Waals surface area contributed by atoms with Crippen LogP contribution in [0.15, 0.2) is 259 Å². The largest absolute Gasteiger partial charge is 0.436 e. The fourth-order valence-corrected chi connectivity index (χ4v) is 11.3. The molecule has 66 heavy (non-hydrogen) atoms. The van der Waals surface area contributed by atoms with Crippen molar-refractivity contribution in [1.29, 1.82) is 0 Å². The molecule has 0 radical (unpaired) electrons. The highest BCUT2D eigenvalue weighted by atomic mass is 16.3. The zero-order chi connectivity index (χ0) is 43.7. The molecule has 3 heteroatoms. The van der Waals surface area contributed by atoms with Crippen LogP contribution in [0.5, 0.6) is 0 Å². The standard InChI is InChI=1S/C63H42N2O/c1-6-20-43(21-7-1)61-64-59-42-50(36-39-60(59)66-61)65(48-34-37-53-51-30-16-18-32-55(51)62(57(53)40-48,44-22-8-2-9-23-44)45-24-10-3-11-25-45)49-35-38-54-52-31-17-19-33-56(52)63(58(54)41-49,46-26-12-4-13-27-46)47-28-14-5-15-29-47/h1-42H. The van der Waals surface area contributed by atoms with Crippen molar-refractivity contribution in [3.05, 3.63) is 299 Å². The van der Waals surface area contributed by atoms with Crippen molar-refractivity contribution in [2.45, 2.75) is 10.8 Å². The normalized spacial score (nSPS) is 13.7. The molecular weight excluding hydrogens is 801 g/mol. The van der Waals surface area contributed by atoms with Gasteiger partial charge in [0.25, 0.3) is 0 Å². The van der Waals surface area contributed by atoms with Gasteiger partial charge < -0.3 is 9.32 Å². The second-order valence-corrected chi connectivity index (χ2v) is 17.4. The van der Waals surface area contributed by atoms with Gasteiger partial charge in [0.15, 0.2) is 5.58 Å². The van der Waals surface area contributed by atoms with Gasteiger partial charge in [-0.15, -0.1) is 0 Å². The van der Waals surface area contributed by atoms with Crippen LogP contribution in [-0.2, 0) is 10.8 Å². The van der Waals surface area contributed by atoms with Crippen LogP contribution in [0.3, 0.4) is 0 Å². The minimum absolute atomic E-state index is 0.563. The van der Waals surface area contributed by atoms with Crippen molar-refractivity contribution in [2.75, 3.05) is 4.90 Å². The van der Waals surface area contributed by atoms with Crippen molar-refractivity contribution < 1.29 is 4.42 Å². The van der Waals surface area contributed by atoms with E-state index in [2.05, 4.69) is 229 Å². The van der Waals surface area contributed by atoms with Crippen molar-refractivity contribution in [3.63, 3.8) is 0 Å². The highest BCUT2D eigenvalue weighted by molar-refractivity contribution is 5.93. The van der Waals surface area contributed by atoms with Gasteiger partial charge in [-0.2, -0.15) is 0 Å². The summed E-state index contributed by atoms with van der Waals surface area (Å²) in [5.74, 6) is 0.603. The van der Waals surface area contributed by atoms with Crippen LogP contribution in [0.25, 0.3) is 44.8 Å². The smallest absolute Gasteiger partial charge is 0.227 e. The van der Waals surface area contributed by atoms with E-state index in [-0.39, 0.29) is 0 Å². The predicted octanol–water partition coefficient (Wildman–Crippen LogP) is 15.7. The summed E-state index contributed by atoms with van der Waals surface area (Å²) >= 11 is 0. The summed E-state index contributed by atoms with van der Waals surface area (Å²) in [7, 11) is 0. The second kappa shape index (κ2) is 15.0. The Balaban J connectivity index is 1.09. The molecule has 0 N–H and O–H groups in total. The zero-order valence-corrected chi connectivity index (χ0v) is 36.1. The van der Waals surface area contributed by atoms with Crippen molar-refractivity contribution >= 4 is 28.2 Å². The van der Waals surface area contributed by atoms with Gasteiger partial charge >= 0.3 is 0 Å². The van der Waals surface area contributed by atoms with Crippen molar-refractivity contribution in [1.82, 2.24) is 4.98 Å². The molecule has 0 amide bonds. The Bertz CT molecular complexity index is 3320. The second-order valence-electron chi connectivity index (χ2n) is 17.4. The minimum Gasteiger partial charge on any atom is -0.436 e. The van der Waals surface area contributed by atoms with Gasteiger partial charge in [-0.1, -0.05) is 200 Å². The van der Waals surface area contributed by atoms with E-state index in [1.165, 1.54) is 66.8 Å². The van der Waals surface area contributed by atoms with E-state index in [0.29, 0.717) is 5.89 Å². The van der Waals surface area contributed by atoms with Crippen molar-refractivity contribution in [3.8, 4) is 33.7 Å². The van der Waals surface area contributed by atoms with Gasteiger partial charge in [0, 0.05) is 22.6 Å². The maximum atomic E-state index is 6.41. The Morgan fingerprint density at radius 2 is 0.682 bits per heavy atom. The molecular formula is C63H42N2O. The van der Waals surface area contributed by atoms with E-state index in [1.807, 2.05) is 30.3 Å². The first-order chi connectivity index (χ1) is 32.7. The molecule has 0 saturated heterocycles. The third kappa shape index (κ3) is 5.53. The van der Waals surface area contributed by atoms with E-state index in [9.17, 15) is 0 Å². The van der Waals surface area contributed by atoms with E-state index in [1.54, 1.807) is 0 Å². The van der Waals surface area contributed by atoms with E-state index in [0.717, 1.165) is 33.7 Å². The lowest BCUT2D eigenvalue weighted by atomic mass is 9.67. The van der Waals surface area contributed by atoms with E-state index in [4.69, 9.17) is 9.40 Å². The van der Waals surface area contributed by atoms with Crippen LogP contribution >= 0.6 is 0 Å². The molecule has 0 unspecified atom stereocenters. The van der Waals surface area contributed by atoms with E-state index < -0.39 is 10.8 Å². The lowest BCUT2D eigenvalue weighted by molar-refractivity contribution is 0.620. The first-order valence-electron chi connectivity index (χ1n) is 22.7. The molecule has 2 aliphatic carbocycles. The molecule has 0 spiro atoms. The molecule has 1 aromatic heterocycles. The first kappa shape index (κ1) is 38.0. The first-order valence-corrected chi connectivity index (χ1v) is 22.7. The Kier molecular flexibility index (Phi) is 8.66. The fraction of sp³-hybridized carbons (Fsp3) is 0.0317. The number of benzene rings is 10. The van der Waals surface area contributed by atoms with Crippen LogP contribution in [0, 0.1) is 0 Å². The average Bonchev–Trinajstić information content (AvgIpc) is 4.05. The number of nitrogens with zero attached hydrogens (tertiary/aromatic N) is 2. The summed E-state index contributed by atoms with van der Waals surface area (Å²) in [4.78, 5) is 7.52. The summed E-state index contributed by atoms with van der Waals surface area (Å²) in [5, 5.41) is 0. The van der Waals surface area contributed by atoms with Crippen molar-refractivity contribution in [2.24, 2.45) is 0 Å². The Morgan fingerprint density at radius 3 is 1.14 bits per heavy atom. The topological polar surface area (TPSA) is 29.3 Å². The van der Waals surface area contributed by atoms with Crippen LogP contribution in [-0.4, -0.2) is 4.98 Å². The van der Waals surface area contributed by atoms with Crippen LogP contribution in [0.2, 0.25) is 0 Å². The lowest BCUT2D eigenvalue weighted by Gasteiger charge is -2.36. The maximum absolute atomic E-state index is 6.41. The predicted molar refractivity (Wildman–Crippen MR) is 269 cm³/mol. The molecule has 11 aromatic rings. The molecule has 0 atom stereocenters. The van der Waals surface area contributed by atoms with Gasteiger partial charge in [0.2, 0.25) is 5.89 Å². The summed E-state index contributed by atoms with van der Waals surface area (Å²) in [6.07, 6.45) is 0. The number of hydrogen-bond acceptors (Lipinski definition) is 3. The Morgan fingerprint density at radius 1 is 0.318 bits per heavy atom. The number of rotatable bonds is 8. The summed E-state index contributed by atoms with van der Waals surface area (Å²) in [6.45, 7) is 0. The molecule has 13 rings (SSSR count). The molecule has 2 aliphatic rings. The molecule has 10 aromatic carbocycles. The Hall–Kier alpha value is -8.53. The van der Waals surface area contributed by atoms with Gasteiger partial charge in [0.1, 0.15) is 5.52 Å². The Labute approximate surface area is 384 Å². The lowest BCUT2D eigenvalue weighted by Crippen LogP contribution is -2.29. The quantitative estimate of drug-likeness (QED) is 0.153. The fourth-order valence-electron chi connectivity index (χ4n) is 11.3. The summed E-state index contributed by atoms with van der Waals surface area (Å²) in [5.41, 5.74) is 19.4. The van der Waals surface area contributed by atoms with Gasteiger partial charge in [-0.05, 0) is 121 Å². The minimum atomic E-state index is -0.563. The number of aromatic nitrogens is 1. The number of hydrogen-bond donors (Lipinski definition) is 0. The van der Waals surface area contributed by atoms with Gasteiger partial charge in [0.05, 0.1) is 10.8 Å². The summed E-state index contributed by atoms with van der Waals surface area (Å²) in [6, 6.07) is 92.8. The van der Waals surface area contributed by atoms with Crippen LogP contribution < -0.4 is 4.90 Å². The molecule has 310 valence electrons.